The molecule has 0 spiro atoms. The van der Waals surface area contributed by atoms with Crippen LogP contribution in [-0.2, 0) is 18.9 Å². The molecule has 0 aromatic heterocycles. The zero-order valence-corrected chi connectivity index (χ0v) is 43.6. The molecule has 8 rings (SSSR count). The molecule has 16 nitrogen and oxygen atoms in total. The summed E-state index contributed by atoms with van der Waals surface area (Å²) in [5.74, 6) is 3.01. The predicted octanol–water partition coefficient (Wildman–Crippen LogP) is 10.6. The third-order valence-corrected chi connectivity index (χ3v) is 13.1. The molecule has 0 aliphatic carbocycles. The molecular formula is C52H63BrCl2N8O8. The number of para-hydroxylation sites is 1. The van der Waals surface area contributed by atoms with Crippen molar-refractivity contribution in [1.82, 2.24) is 21.1 Å². The third-order valence-electron chi connectivity index (χ3n) is 12.1. The maximum Gasteiger partial charge on any atom is 0.329 e. The minimum Gasteiger partial charge on any atom is -0.490 e. The van der Waals surface area contributed by atoms with Gasteiger partial charge in [-0.25, -0.2) is 30.8 Å². The number of hydrogen-bond donors (Lipinski definition) is 2. The Morgan fingerprint density at radius 1 is 0.493 bits per heavy atom. The van der Waals surface area contributed by atoms with Gasteiger partial charge in [-0.15, -0.1) is 10.2 Å². The first-order valence-electron chi connectivity index (χ1n) is 24.6. The van der Waals surface area contributed by atoms with E-state index in [1.54, 1.807) is 10.2 Å². The minimum atomic E-state index is -0.281. The SMILES string of the molecule is CC[C@H](CC1COC(NN(C2=NC(C[C@@H](CC)Oc3ccccc3)CO2)N(NC2=N[C@@H](C[C@@H](CC)Oc3ccc(Br)cc3)CO2)C2=N[C@@H](C[C@@H](CC)Oc3cccc(Cl)c3)CO2)=N1)Oc1ccc(Cl)cc1. The van der Waals surface area contributed by atoms with E-state index >= 15 is 0 Å². The Labute approximate surface area is 434 Å². The quantitative estimate of drug-likeness (QED) is 0.0810. The molecule has 71 heavy (non-hydrogen) atoms. The Hall–Kier alpha value is -5.78. The molecule has 4 aromatic carbocycles. The number of hydrazine groups is 3. The average Bonchev–Trinajstić information content (AvgIpc) is 4.23. The topological polar surface area (TPSA) is 154 Å². The van der Waals surface area contributed by atoms with Gasteiger partial charge in [-0.2, -0.15) is 0 Å². The van der Waals surface area contributed by atoms with Crippen molar-refractivity contribution >= 4 is 63.2 Å². The smallest absolute Gasteiger partial charge is 0.329 e. The summed E-state index contributed by atoms with van der Waals surface area (Å²) in [6, 6.07) is 32.3. The highest BCUT2D eigenvalue weighted by molar-refractivity contribution is 9.10. The van der Waals surface area contributed by atoms with Gasteiger partial charge >= 0.3 is 24.1 Å². The molecule has 0 saturated heterocycles. The minimum absolute atomic E-state index is 0.101. The molecule has 4 heterocycles. The van der Waals surface area contributed by atoms with Crippen LogP contribution in [0.15, 0.2) is 128 Å². The van der Waals surface area contributed by atoms with Gasteiger partial charge in [0, 0.05) is 40.2 Å². The molecule has 380 valence electrons. The van der Waals surface area contributed by atoms with Crippen LogP contribution in [0.25, 0.3) is 0 Å². The molecule has 0 bridgehead atoms. The Morgan fingerprint density at radius 2 is 0.887 bits per heavy atom. The number of aliphatic imine (C=N–C) groups is 4. The van der Waals surface area contributed by atoms with Crippen molar-refractivity contribution in [2.75, 3.05) is 26.4 Å². The summed E-state index contributed by atoms with van der Waals surface area (Å²) in [5.41, 5.74) is 6.71. The predicted molar refractivity (Wildman–Crippen MR) is 279 cm³/mol. The summed E-state index contributed by atoms with van der Waals surface area (Å²) in [6.45, 7) is 9.57. The highest BCUT2D eigenvalue weighted by Gasteiger charge is 2.39. The van der Waals surface area contributed by atoms with Crippen molar-refractivity contribution in [1.29, 1.82) is 0 Å². The zero-order valence-electron chi connectivity index (χ0n) is 40.5. The molecule has 19 heteroatoms. The van der Waals surface area contributed by atoms with Crippen LogP contribution in [0.1, 0.15) is 79.1 Å². The highest BCUT2D eigenvalue weighted by atomic mass is 79.9. The van der Waals surface area contributed by atoms with Crippen molar-refractivity contribution in [3.8, 4) is 23.0 Å². The third kappa shape index (κ3) is 15.1. The van der Waals surface area contributed by atoms with E-state index in [0.717, 1.165) is 47.4 Å². The molecule has 4 aliphatic heterocycles. The van der Waals surface area contributed by atoms with Crippen LogP contribution in [0.3, 0.4) is 0 Å². The van der Waals surface area contributed by atoms with Gasteiger partial charge in [-0.1, -0.05) is 91.1 Å². The maximum atomic E-state index is 6.45. The van der Waals surface area contributed by atoms with E-state index in [1.165, 1.54) is 0 Å². The number of nitrogens with one attached hydrogen (secondary N) is 2. The van der Waals surface area contributed by atoms with Gasteiger partial charge in [-0.3, -0.25) is 0 Å². The highest BCUT2D eigenvalue weighted by Crippen LogP contribution is 2.27. The summed E-state index contributed by atoms with van der Waals surface area (Å²) in [7, 11) is 0. The second kappa shape index (κ2) is 25.6. The van der Waals surface area contributed by atoms with Crippen LogP contribution in [0, 0.1) is 0 Å². The van der Waals surface area contributed by atoms with Gasteiger partial charge in [-0.05, 0) is 105 Å². The van der Waals surface area contributed by atoms with Crippen molar-refractivity contribution < 1.29 is 37.9 Å². The van der Waals surface area contributed by atoms with Crippen molar-refractivity contribution in [2.45, 2.75) is 128 Å². The second-order valence-electron chi connectivity index (χ2n) is 17.6. The molecule has 0 amide bonds. The van der Waals surface area contributed by atoms with E-state index in [0.29, 0.717) is 54.7 Å². The lowest BCUT2D eigenvalue weighted by Crippen LogP contribution is -2.64. The number of rotatable bonds is 20. The molecule has 4 aliphatic rings. The molecule has 4 aromatic rings. The summed E-state index contributed by atoms with van der Waals surface area (Å²) < 4.78 is 51.9. The normalized spacial score (nSPS) is 20.8. The number of hydrogen-bond acceptors (Lipinski definition) is 16. The van der Waals surface area contributed by atoms with Crippen LogP contribution in [0.5, 0.6) is 23.0 Å². The van der Waals surface area contributed by atoms with Gasteiger partial charge in [0.25, 0.3) is 0 Å². The summed E-state index contributed by atoms with van der Waals surface area (Å²) in [4.78, 5) is 20.2. The van der Waals surface area contributed by atoms with Crippen LogP contribution >= 0.6 is 39.1 Å². The van der Waals surface area contributed by atoms with Gasteiger partial charge in [0.15, 0.2) is 0 Å². The fourth-order valence-electron chi connectivity index (χ4n) is 8.26. The molecule has 8 atom stereocenters. The van der Waals surface area contributed by atoms with Crippen molar-refractivity contribution in [3.63, 3.8) is 0 Å². The van der Waals surface area contributed by atoms with Gasteiger partial charge in [0.1, 0.15) is 73.8 Å². The van der Waals surface area contributed by atoms with E-state index in [-0.39, 0.29) is 85.9 Å². The average molecular weight is 1080 g/mol. The van der Waals surface area contributed by atoms with Crippen molar-refractivity contribution in [2.24, 2.45) is 20.0 Å². The Kier molecular flexibility index (Phi) is 18.6. The number of benzene rings is 4. The van der Waals surface area contributed by atoms with E-state index in [4.69, 9.17) is 81.1 Å². The lowest BCUT2D eigenvalue weighted by atomic mass is 10.1. The van der Waals surface area contributed by atoms with Crippen molar-refractivity contribution in [3.05, 3.63) is 118 Å². The van der Waals surface area contributed by atoms with E-state index in [2.05, 4.69) is 54.5 Å². The van der Waals surface area contributed by atoms with Crippen LogP contribution in [0.4, 0.5) is 0 Å². The Morgan fingerprint density at radius 3 is 1.34 bits per heavy atom. The zero-order chi connectivity index (χ0) is 49.5. The summed E-state index contributed by atoms with van der Waals surface area (Å²) in [6.07, 6.45) is 4.94. The van der Waals surface area contributed by atoms with Crippen LogP contribution in [0.2, 0.25) is 10.0 Å². The Balaban J connectivity index is 1.07. The van der Waals surface area contributed by atoms with E-state index in [9.17, 15) is 0 Å². The second-order valence-corrected chi connectivity index (χ2v) is 19.4. The first-order chi connectivity index (χ1) is 34.6. The largest absolute Gasteiger partial charge is 0.490 e. The van der Waals surface area contributed by atoms with Gasteiger partial charge in [0.2, 0.25) is 0 Å². The van der Waals surface area contributed by atoms with Gasteiger partial charge in [0.05, 0.1) is 24.2 Å². The number of ether oxygens (including phenoxy) is 8. The van der Waals surface area contributed by atoms with E-state index in [1.807, 2.05) is 103 Å². The lowest BCUT2D eigenvalue weighted by Gasteiger charge is -2.34. The molecule has 2 N–H and O–H groups in total. The Bertz CT molecular complexity index is 2440. The number of nitrogens with zero attached hydrogens (tertiary/aromatic N) is 6. The molecule has 0 saturated carbocycles. The first kappa shape index (κ1) is 51.6. The maximum absolute atomic E-state index is 6.45. The molecule has 0 fully saturated rings. The van der Waals surface area contributed by atoms with Crippen LogP contribution < -0.4 is 29.8 Å². The van der Waals surface area contributed by atoms with Gasteiger partial charge < -0.3 is 37.9 Å². The molecule has 0 radical (unpaired) electrons. The monoisotopic (exact) mass is 1080 g/mol. The number of amidine groups is 4. The van der Waals surface area contributed by atoms with Crippen LogP contribution in [-0.4, -0.2) is 109 Å². The standard InChI is InChI=1S/C52H63BrCl2N8O8/c1-5-41(69-46-21-17-34(53)18-22-46)26-37-30-64-49(56-37)61-63(52-59-40(33-67-52)29-44(8-4)71-48-16-12-13-36(55)25-48)62(51-58-39(32-66-51)28-43(7-3)68-45-14-10-9-11-15-45)60-50-57-38(31-65-50)27-42(6-2)70-47-23-19-35(54)20-24-47/h9-25,37-44H,5-8,26-33H2,1-4H3,(H,56,61)(H,57,60)/t37-,38?,39?,40-,41+,42+,43+,44+/m0/s1. The lowest BCUT2D eigenvalue weighted by molar-refractivity contribution is 0.00691. The van der Waals surface area contributed by atoms with E-state index < -0.39 is 0 Å². The first-order valence-corrected chi connectivity index (χ1v) is 26.1. The molecule has 2 unspecified atom stereocenters. The summed E-state index contributed by atoms with van der Waals surface area (Å²) >= 11 is 16.0. The number of halogens is 3. The molecular weight excluding hydrogens is 1020 g/mol. The fourth-order valence-corrected chi connectivity index (χ4v) is 8.83. The fraction of sp³-hybridized carbons (Fsp3) is 0.462. The summed E-state index contributed by atoms with van der Waals surface area (Å²) in [5, 5.41) is 4.34.